The molecule has 162 valence electrons. The first-order valence-electron chi connectivity index (χ1n) is 8.60. The van der Waals surface area contributed by atoms with E-state index in [9.17, 15) is 26.4 Å². The number of carboxylic acids is 1. The average molecular weight is 477 g/mol. The third-order valence-electron chi connectivity index (χ3n) is 3.98. The van der Waals surface area contributed by atoms with Crippen LogP contribution in [-0.4, -0.2) is 25.2 Å². The van der Waals surface area contributed by atoms with Gasteiger partial charge in [-0.2, -0.15) is 13.2 Å². The summed E-state index contributed by atoms with van der Waals surface area (Å²) in [5, 5.41) is 10.7. The largest absolute Gasteiger partial charge is 0.478 e. The quantitative estimate of drug-likeness (QED) is 0.369. The molecule has 0 unspecified atom stereocenters. The number of hydrogen-bond donors (Lipinski definition) is 1. The highest BCUT2D eigenvalue weighted by atomic mass is 33.1. The summed E-state index contributed by atoms with van der Waals surface area (Å²) >= 11 is 0. The Morgan fingerprint density at radius 2 is 1.73 bits per heavy atom. The van der Waals surface area contributed by atoms with E-state index < -0.39 is 27.5 Å². The van der Waals surface area contributed by atoms with Crippen molar-refractivity contribution in [2.45, 2.75) is 24.6 Å². The molecule has 0 aliphatic rings. The molecule has 0 aliphatic heterocycles. The van der Waals surface area contributed by atoms with Gasteiger partial charge >= 0.3 is 12.1 Å². The second-order valence-corrected chi connectivity index (χ2v) is 10.8. The molecule has 0 atom stereocenters. The first-order chi connectivity index (χ1) is 14.0. The summed E-state index contributed by atoms with van der Waals surface area (Å²) in [7, 11) is -0.672. The van der Waals surface area contributed by atoms with Crippen molar-refractivity contribution in [3.05, 3.63) is 81.8 Å². The Bertz CT molecular complexity index is 1010. The lowest BCUT2D eigenvalue weighted by Gasteiger charge is -2.07. The number of aromatic carboxylic acids is 1. The Hall–Kier alpha value is -1.91. The lowest BCUT2D eigenvalue weighted by Crippen LogP contribution is -2.08. The Labute approximate surface area is 180 Å². The van der Waals surface area contributed by atoms with Crippen molar-refractivity contribution >= 4 is 37.4 Å². The van der Waals surface area contributed by atoms with Crippen LogP contribution in [-0.2, 0) is 27.5 Å². The lowest BCUT2D eigenvalue weighted by molar-refractivity contribution is -0.137. The second-order valence-electron chi connectivity index (χ2n) is 6.43. The number of rotatable bonds is 9. The van der Waals surface area contributed by atoms with Gasteiger partial charge in [-0.15, -0.1) is 0 Å². The molecule has 0 radical (unpaired) electrons. The van der Waals surface area contributed by atoms with Gasteiger partial charge in [0.1, 0.15) is 0 Å². The van der Waals surface area contributed by atoms with Crippen LogP contribution in [0.25, 0.3) is 0 Å². The first kappa shape index (κ1) is 24.4. The lowest BCUT2D eigenvalue weighted by atomic mass is 10.1. The molecule has 0 aliphatic carbocycles. The minimum Gasteiger partial charge on any atom is -0.478 e. The molecule has 2 aromatic carbocycles. The van der Waals surface area contributed by atoms with E-state index >= 15 is 0 Å². The monoisotopic (exact) mass is 476 g/mol. The van der Waals surface area contributed by atoms with Gasteiger partial charge < -0.3 is 5.11 Å². The molecule has 30 heavy (non-hydrogen) atoms. The number of benzene rings is 2. The summed E-state index contributed by atoms with van der Waals surface area (Å²) in [4.78, 5) is 11.0. The van der Waals surface area contributed by atoms with Crippen LogP contribution >= 0.6 is 21.6 Å². The summed E-state index contributed by atoms with van der Waals surface area (Å²) in [5.41, 5.74) is 1.38. The predicted octanol–water partition coefficient (Wildman–Crippen LogP) is 5.72. The number of alkyl halides is 3. The zero-order valence-corrected chi connectivity index (χ0v) is 18.3. The summed E-state index contributed by atoms with van der Waals surface area (Å²) in [5.74, 6) is -0.897. The van der Waals surface area contributed by atoms with Crippen molar-refractivity contribution in [3.63, 3.8) is 0 Å². The molecule has 2 rings (SSSR count). The zero-order valence-electron chi connectivity index (χ0n) is 15.8. The number of aryl methyl sites for hydroxylation is 1. The maximum Gasteiger partial charge on any atom is 0.416 e. The second kappa shape index (κ2) is 10.4. The minimum absolute atomic E-state index is 0.214. The third kappa shape index (κ3) is 7.73. The van der Waals surface area contributed by atoms with E-state index in [0.29, 0.717) is 16.9 Å². The summed E-state index contributed by atoms with van der Waals surface area (Å²) in [6.45, 7) is 1.73. The molecule has 0 heterocycles. The van der Waals surface area contributed by atoms with Gasteiger partial charge in [-0.3, -0.25) is 0 Å². The highest BCUT2D eigenvalue weighted by Crippen LogP contribution is 2.30. The summed E-state index contributed by atoms with van der Waals surface area (Å²) in [6.07, 6.45) is -2.96. The fourth-order valence-electron chi connectivity index (χ4n) is 2.52. The SMILES string of the molecule is Cc1cc(CSSC=CCS(=O)(=O)Cc2ccc(C(F)(F)F)cc2)ccc1C(=O)O. The van der Waals surface area contributed by atoms with E-state index in [1.54, 1.807) is 30.5 Å². The molecule has 0 amide bonds. The molecule has 0 bridgehead atoms. The van der Waals surface area contributed by atoms with Crippen molar-refractivity contribution in [3.8, 4) is 0 Å². The van der Waals surface area contributed by atoms with Gasteiger partial charge in [-0.25, -0.2) is 13.2 Å². The molecular weight excluding hydrogens is 457 g/mol. The van der Waals surface area contributed by atoms with Crippen LogP contribution in [0.2, 0.25) is 0 Å². The topological polar surface area (TPSA) is 71.4 Å². The molecule has 4 nitrogen and oxygen atoms in total. The number of carbonyl (C=O) groups is 1. The van der Waals surface area contributed by atoms with Gasteiger partial charge in [0.15, 0.2) is 9.84 Å². The van der Waals surface area contributed by atoms with E-state index in [1.165, 1.54) is 39.8 Å². The van der Waals surface area contributed by atoms with Gasteiger partial charge in [0.05, 0.1) is 22.6 Å². The third-order valence-corrected chi connectivity index (χ3v) is 7.44. The molecule has 1 N–H and O–H groups in total. The van der Waals surface area contributed by atoms with Crippen LogP contribution in [0.1, 0.15) is 32.6 Å². The van der Waals surface area contributed by atoms with Gasteiger partial charge in [0.25, 0.3) is 0 Å². The average Bonchev–Trinajstić information content (AvgIpc) is 2.63. The fraction of sp³-hybridized carbons (Fsp3) is 0.250. The van der Waals surface area contributed by atoms with Gasteiger partial charge in [-0.1, -0.05) is 51.9 Å². The molecule has 10 heteroatoms. The van der Waals surface area contributed by atoms with Crippen LogP contribution in [0.4, 0.5) is 13.2 Å². The Morgan fingerprint density at radius 1 is 1.10 bits per heavy atom. The standard InChI is InChI=1S/C20H19F3O4S3/c1-14-11-16(5-8-18(14)19(24)25)12-29-28-9-2-10-30(26,27)13-15-3-6-17(7-4-15)20(21,22)23/h2-9,11H,10,12-13H2,1H3,(H,24,25). The summed E-state index contributed by atoms with van der Waals surface area (Å²) < 4.78 is 61.9. The smallest absolute Gasteiger partial charge is 0.416 e. The van der Waals surface area contributed by atoms with Crippen LogP contribution < -0.4 is 0 Å². The van der Waals surface area contributed by atoms with E-state index in [2.05, 4.69) is 0 Å². The van der Waals surface area contributed by atoms with Crippen molar-refractivity contribution in [1.82, 2.24) is 0 Å². The molecule has 0 saturated heterocycles. The number of sulfone groups is 1. The Morgan fingerprint density at radius 3 is 2.30 bits per heavy atom. The minimum atomic E-state index is -4.45. The van der Waals surface area contributed by atoms with Crippen molar-refractivity contribution < 1.29 is 31.5 Å². The van der Waals surface area contributed by atoms with Crippen LogP contribution in [0, 0.1) is 6.92 Å². The van der Waals surface area contributed by atoms with Crippen LogP contribution in [0.5, 0.6) is 0 Å². The maximum absolute atomic E-state index is 12.5. The predicted molar refractivity (Wildman–Crippen MR) is 115 cm³/mol. The molecule has 0 saturated carbocycles. The number of carboxylic acid groups (broad SMARTS) is 1. The van der Waals surface area contributed by atoms with E-state index in [1.807, 2.05) is 0 Å². The number of hydrogen-bond acceptors (Lipinski definition) is 5. The fourth-order valence-corrected chi connectivity index (χ4v) is 5.58. The van der Waals surface area contributed by atoms with Gasteiger partial charge in [-0.05, 0) is 47.2 Å². The molecular formula is C20H19F3O4S3. The van der Waals surface area contributed by atoms with E-state index in [-0.39, 0.29) is 17.1 Å². The Kier molecular flexibility index (Phi) is 8.45. The first-order valence-corrected chi connectivity index (χ1v) is 12.8. The van der Waals surface area contributed by atoms with Gasteiger partial charge in [0.2, 0.25) is 0 Å². The van der Waals surface area contributed by atoms with Crippen molar-refractivity contribution in [1.29, 1.82) is 0 Å². The Balaban J connectivity index is 1.79. The van der Waals surface area contributed by atoms with Gasteiger partial charge in [0, 0.05) is 5.75 Å². The molecule has 0 fully saturated rings. The molecule has 0 aromatic heterocycles. The van der Waals surface area contributed by atoms with E-state index in [0.717, 1.165) is 17.7 Å². The molecule has 0 spiro atoms. The number of halogens is 3. The summed E-state index contributed by atoms with van der Waals surface area (Å²) in [6, 6.07) is 9.19. The highest BCUT2D eigenvalue weighted by Gasteiger charge is 2.30. The van der Waals surface area contributed by atoms with Crippen LogP contribution in [0.15, 0.2) is 53.9 Å². The highest BCUT2D eigenvalue weighted by molar-refractivity contribution is 8.77. The zero-order chi connectivity index (χ0) is 22.4. The van der Waals surface area contributed by atoms with Crippen LogP contribution in [0.3, 0.4) is 0 Å². The normalized spacial score (nSPS) is 12.4. The maximum atomic E-state index is 12.5. The molecule has 2 aromatic rings. The van der Waals surface area contributed by atoms with E-state index in [4.69, 9.17) is 5.11 Å². The van der Waals surface area contributed by atoms with Crippen molar-refractivity contribution in [2.24, 2.45) is 0 Å². The van der Waals surface area contributed by atoms with Crippen molar-refractivity contribution in [2.75, 3.05) is 5.75 Å².